The van der Waals surface area contributed by atoms with Crippen LogP contribution in [0.5, 0.6) is 11.5 Å². The monoisotopic (exact) mass is 354 g/mol. The van der Waals surface area contributed by atoms with Crippen LogP contribution in [0.25, 0.3) is 0 Å². The Kier molecular flexibility index (Phi) is 4.80. The third-order valence-corrected chi connectivity index (χ3v) is 3.30. The Morgan fingerprint density at radius 3 is 2.62 bits per heavy atom. The van der Waals surface area contributed by atoms with Crippen LogP contribution in [0.15, 0.2) is 40.9 Å². The zero-order chi connectivity index (χ0) is 15.4. The highest BCUT2D eigenvalue weighted by molar-refractivity contribution is 9.10. The fourth-order valence-corrected chi connectivity index (χ4v) is 2.05. The summed E-state index contributed by atoms with van der Waals surface area (Å²) in [5.74, 6) is -0.840. The molecule has 0 spiro atoms. The fourth-order valence-electron chi connectivity index (χ4n) is 1.72. The quantitative estimate of drug-likeness (QED) is 0.885. The van der Waals surface area contributed by atoms with Crippen molar-refractivity contribution < 1.29 is 23.8 Å². The highest BCUT2D eigenvalue weighted by Gasteiger charge is 2.11. The average Bonchev–Trinajstić information content (AvgIpc) is 2.46. The number of ether oxygens (including phenoxy) is 2. The van der Waals surface area contributed by atoms with Gasteiger partial charge in [-0.2, -0.15) is 0 Å². The van der Waals surface area contributed by atoms with Crippen molar-refractivity contribution in [2.75, 3.05) is 7.11 Å². The van der Waals surface area contributed by atoms with E-state index in [9.17, 15) is 9.18 Å². The summed E-state index contributed by atoms with van der Waals surface area (Å²) in [5, 5.41) is 8.97. The second-order valence-electron chi connectivity index (χ2n) is 4.20. The maximum Gasteiger partial charge on any atom is 0.335 e. The summed E-state index contributed by atoms with van der Waals surface area (Å²) in [6.07, 6.45) is 0. The molecule has 2 aromatic carbocycles. The lowest BCUT2D eigenvalue weighted by molar-refractivity contribution is 0.0696. The van der Waals surface area contributed by atoms with E-state index in [-0.39, 0.29) is 17.9 Å². The number of hydrogen-bond donors (Lipinski definition) is 1. The molecule has 2 rings (SSSR count). The molecule has 2 aromatic rings. The van der Waals surface area contributed by atoms with Gasteiger partial charge in [0.1, 0.15) is 12.4 Å². The van der Waals surface area contributed by atoms with Crippen LogP contribution in [0.4, 0.5) is 4.39 Å². The van der Waals surface area contributed by atoms with Crippen molar-refractivity contribution in [1.29, 1.82) is 0 Å². The summed E-state index contributed by atoms with van der Waals surface area (Å²) in [5.41, 5.74) is 0.433. The van der Waals surface area contributed by atoms with Gasteiger partial charge in [-0.25, -0.2) is 9.18 Å². The number of halogens is 2. The summed E-state index contributed by atoms with van der Waals surface area (Å²) < 4.78 is 24.9. The Morgan fingerprint density at radius 1 is 1.24 bits per heavy atom. The first kappa shape index (κ1) is 15.3. The molecule has 0 atom stereocenters. The van der Waals surface area contributed by atoms with Gasteiger partial charge in [0, 0.05) is 10.0 Å². The molecule has 6 heteroatoms. The molecule has 0 aliphatic heterocycles. The Hall–Kier alpha value is -2.08. The van der Waals surface area contributed by atoms with Gasteiger partial charge in [-0.15, -0.1) is 0 Å². The number of methoxy groups -OCH3 is 1. The molecule has 0 fully saturated rings. The zero-order valence-electron chi connectivity index (χ0n) is 11.1. The van der Waals surface area contributed by atoms with Crippen molar-refractivity contribution in [2.45, 2.75) is 6.61 Å². The molecule has 0 heterocycles. The number of hydrogen-bond acceptors (Lipinski definition) is 3. The van der Waals surface area contributed by atoms with Crippen LogP contribution in [0, 0.1) is 5.82 Å². The minimum Gasteiger partial charge on any atom is -0.493 e. The van der Waals surface area contributed by atoms with E-state index in [1.807, 2.05) is 0 Å². The van der Waals surface area contributed by atoms with Crippen molar-refractivity contribution >= 4 is 21.9 Å². The number of aromatic carboxylic acids is 1. The third-order valence-electron chi connectivity index (χ3n) is 2.81. The van der Waals surface area contributed by atoms with Crippen molar-refractivity contribution in [3.05, 3.63) is 57.8 Å². The minimum absolute atomic E-state index is 0.0292. The summed E-state index contributed by atoms with van der Waals surface area (Å²) in [6, 6.07) is 8.88. The van der Waals surface area contributed by atoms with Gasteiger partial charge in [-0.1, -0.05) is 22.0 Å². The number of benzene rings is 2. The average molecular weight is 355 g/mol. The Bertz CT molecular complexity index is 673. The highest BCUT2D eigenvalue weighted by atomic mass is 79.9. The molecule has 0 aromatic heterocycles. The second kappa shape index (κ2) is 6.58. The van der Waals surface area contributed by atoms with Crippen LogP contribution in [-0.2, 0) is 6.61 Å². The van der Waals surface area contributed by atoms with Crippen molar-refractivity contribution in [3.63, 3.8) is 0 Å². The van der Waals surface area contributed by atoms with E-state index < -0.39 is 11.8 Å². The summed E-state index contributed by atoms with van der Waals surface area (Å²) in [7, 11) is 1.45. The van der Waals surface area contributed by atoms with E-state index in [2.05, 4.69) is 15.9 Å². The molecule has 110 valence electrons. The molecule has 21 heavy (non-hydrogen) atoms. The topological polar surface area (TPSA) is 55.8 Å². The third kappa shape index (κ3) is 3.72. The van der Waals surface area contributed by atoms with Gasteiger partial charge >= 0.3 is 5.97 Å². The van der Waals surface area contributed by atoms with Gasteiger partial charge in [-0.05, 0) is 30.3 Å². The van der Waals surface area contributed by atoms with Crippen molar-refractivity contribution in [3.8, 4) is 11.5 Å². The van der Waals surface area contributed by atoms with Gasteiger partial charge in [0.25, 0.3) is 0 Å². The van der Waals surface area contributed by atoms with Gasteiger partial charge in [0.15, 0.2) is 11.5 Å². The molecule has 0 saturated carbocycles. The molecule has 0 aliphatic carbocycles. The molecular weight excluding hydrogens is 343 g/mol. The highest BCUT2D eigenvalue weighted by Crippen LogP contribution is 2.29. The van der Waals surface area contributed by atoms with E-state index in [1.54, 1.807) is 12.1 Å². The molecule has 0 aliphatic rings. The van der Waals surface area contributed by atoms with Crippen LogP contribution < -0.4 is 9.47 Å². The van der Waals surface area contributed by atoms with E-state index >= 15 is 0 Å². The zero-order valence-corrected chi connectivity index (χ0v) is 12.7. The molecule has 0 amide bonds. The fraction of sp³-hybridized carbons (Fsp3) is 0.133. The Balaban J connectivity index is 2.22. The largest absolute Gasteiger partial charge is 0.493 e. The summed E-state index contributed by atoms with van der Waals surface area (Å²) in [4.78, 5) is 11.0. The number of carboxylic acids is 1. The lowest BCUT2D eigenvalue weighted by atomic mass is 10.2. The summed E-state index contributed by atoms with van der Waals surface area (Å²) >= 11 is 3.17. The van der Waals surface area contributed by atoms with Crippen LogP contribution in [0.2, 0.25) is 0 Å². The van der Waals surface area contributed by atoms with E-state index in [4.69, 9.17) is 14.6 Å². The first-order chi connectivity index (χ1) is 10.0. The first-order valence-corrected chi connectivity index (χ1v) is 6.78. The second-order valence-corrected chi connectivity index (χ2v) is 5.11. The molecule has 0 unspecified atom stereocenters. The maximum atomic E-state index is 13.7. The molecule has 4 nitrogen and oxygen atoms in total. The van der Waals surface area contributed by atoms with Gasteiger partial charge in [0.05, 0.1) is 12.7 Å². The smallest absolute Gasteiger partial charge is 0.335 e. The molecular formula is C15H12BrFO4. The predicted octanol–water partition coefficient (Wildman–Crippen LogP) is 3.87. The molecule has 0 saturated heterocycles. The molecule has 1 N–H and O–H groups in total. The van der Waals surface area contributed by atoms with Crippen molar-refractivity contribution in [2.24, 2.45) is 0 Å². The number of carboxylic acid groups (broad SMARTS) is 1. The van der Waals surface area contributed by atoms with Gasteiger partial charge < -0.3 is 14.6 Å². The SMILES string of the molecule is COc1ccc(C(=O)O)cc1OCc1ccc(Br)cc1F. The minimum atomic E-state index is -1.07. The Morgan fingerprint density at radius 2 is 2.00 bits per heavy atom. The molecule has 0 radical (unpaired) electrons. The Labute approximate surface area is 129 Å². The van der Waals surface area contributed by atoms with Gasteiger partial charge in [0.2, 0.25) is 0 Å². The van der Waals surface area contributed by atoms with Gasteiger partial charge in [-0.3, -0.25) is 0 Å². The van der Waals surface area contributed by atoms with E-state index in [0.717, 1.165) is 0 Å². The van der Waals surface area contributed by atoms with E-state index in [1.165, 1.54) is 31.4 Å². The van der Waals surface area contributed by atoms with Crippen molar-refractivity contribution in [1.82, 2.24) is 0 Å². The van der Waals surface area contributed by atoms with Crippen LogP contribution in [0.3, 0.4) is 0 Å². The van der Waals surface area contributed by atoms with Crippen LogP contribution in [-0.4, -0.2) is 18.2 Å². The normalized spacial score (nSPS) is 10.2. The summed E-state index contributed by atoms with van der Waals surface area (Å²) in [6.45, 7) is -0.0292. The van der Waals surface area contributed by atoms with Crippen LogP contribution >= 0.6 is 15.9 Å². The lowest BCUT2D eigenvalue weighted by Crippen LogP contribution is -2.02. The standard InChI is InChI=1S/C15H12BrFO4/c1-20-13-5-3-9(15(18)19)6-14(13)21-8-10-2-4-11(16)7-12(10)17/h2-7H,8H2,1H3,(H,18,19). The first-order valence-electron chi connectivity index (χ1n) is 5.99. The predicted molar refractivity (Wildman–Crippen MR) is 78.4 cm³/mol. The number of carbonyl (C=O) groups is 1. The number of rotatable bonds is 5. The maximum absolute atomic E-state index is 13.7. The van der Waals surface area contributed by atoms with E-state index in [0.29, 0.717) is 15.8 Å². The van der Waals surface area contributed by atoms with Crippen LogP contribution in [0.1, 0.15) is 15.9 Å². The lowest BCUT2D eigenvalue weighted by Gasteiger charge is -2.12. The molecule has 0 bridgehead atoms.